The van der Waals surface area contributed by atoms with Gasteiger partial charge in [-0.1, -0.05) is 69.4 Å². The van der Waals surface area contributed by atoms with Gasteiger partial charge < -0.3 is 19.7 Å². The van der Waals surface area contributed by atoms with Gasteiger partial charge in [0.25, 0.3) is 0 Å². The second-order valence-corrected chi connectivity index (χ2v) is 7.70. The monoisotopic (exact) mass is 434 g/mol. The number of phenols is 2. The maximum Gasteiger partial charge on any atom is 0.347 e. The highest BCUT2D eigenvalue weighted by Gasteiger charge is 2.17. The Labute approximate surface area is 189 Å². The standard InChI is InChI=1S/C27H30O5/c1-2-3-4-5-6-11-18-31-20-16-17-21(25(29)19-20)22-12-8-10-15-26(22)32-27(30)23-13-7-9-14-24(23)28/h7-10,12-17,19,28-29H,2-6,11,18H2,1H3. The third-order valence-electron chi connectivity index (χ3n) is 5.24. The molecule has 0 aromatic heterocycles. The van der Waals surface area contributed by atoms with Gasteiger partial charge in [-0.2, -0.15) is 0 Å². The van der Waals surface area contributed by atoms with Crippen molar-refractivity contribution in [2.45, 2.75) is 45.4 Å². The van der Waals surface area contributed by atoms with Crippen LogP contribution in [0, 0.1) is 0 Å². The van der Waals surface area contributed by atoms with E-state index < -0.39 is 5.97 Å². The fraction of sp³-hybridized carbons (Fsp3) is 0.296. The van der Waals surface area contributed by atoms with E-state index in [9.17, 15) is 15.0 Å². The van der Waals surface area contributed by atoms with Gasteiger partial charge in [-0.25, -0.2) is 4.79 Å². The summed E-state index contributed by atoms with van der Waals surface area (Å²) in [5, 5.41) is 20.5. The highest BCUT2D eigenvalue weighted by atomic mass is 16.5. The van der Waals surface area contributed by atoms with Crippen LogP contribution in [-0.4, -0.2) is 22.8 Å². The maximum absolute atomic E-state index is 12.5. The van der Waals surface area contributed by atoms with Crippen molar-refractivity contribution in [2.24, 2.45) is 0 Å². The van der Waals surface area contributed by atoms with Crippen LogP contribution in [0.4, 0.5) is 0 Å². The van der Waals surface area contributed by atoms with Crippen LogP contribution in [0.2, 0.25) is 0 Å². The lowest BCUT2D eigenvalue weighted by atomic mass is 10.0. The number of hydrogen-bond acceptors (Lipinski definition) is 5. The van der Waals surface area contributed by atoms with Crippen LogP contribution in [0.15, 0.2) is 66.7 Å². The minimum absolute atomic E-state index is 0.0384. The fourth-order valence-electron chi connectivity index (χ4n) is 3.48. The second kappa shape index (κ2) is 11.8. The molecule has 0 saturated heterocycles. The number of aromatic hydroxyl groups is 2. The van der Waals surface area contributed by atoms with E-state index in [1.807, 2.05) is 0 Å². The SMILES string of the molecule is CCCCCCCCOc1ccc(-c2ccccc2OC(=O)c2ccccc2O)c(O)c1. The van der Waals surface area contributed by atoms with Crippen molar-refractivity contribution in [1.29, 1.82) is 0 Å². The zero-order chi connectivity index (χ0) is 22.8. The summed E-state index contributed by atoms with van der Waals surface area (Å²) in [5.74, 6) is 0.107. The molecule has 0 heterocycles. The molecule has 0 unspecified atom stereocenters. The molecule has 32 heavy (non-hydrogen) atoms. The molecule has 168 valence electrons. The molecular weight excluding hydrogens is 404 g/mol. The molecule has 0 amide bonds. The topological polar surface area (TPSA) is 76.0 Å². The van der Waals surface area contributed by atoms with Crippen molar-refractivity contribution in [3.05, 3.63) is 72.3 Å². The lowest BCUT2D eigenvalue weighted by Gasteiger charge is -2.13. The van der Waals surface area contributed by atoms with E-state index in [1.165, 1.54) is 37.8 Å². The number of phenolic OH excluding ortho intramolecular Hbond substituents is 2. The van der Waals surface area contributed by atoms with E-state index in [0.29, 0.717) is 23.5 Å². The average Bonchev–Trinajstić information content (AvgIpc) is 2.79. The van der Waals surface area contributed by atoms with Crippen molar-refractivity contribution >= 4 is 5.97 Å². The zero-order valence-electron chi connectivity index (χ0n) is 18.4. The highest BCUT2D eigenvalue weighted by Crippen LogP contribution is 2.38. The van der Waals surface area contributed by atoms with Crippen LogP contribution in [0.25, 0.3) is 11.1 Å². The highest BCUT2D eigenvalue weighted by molar-refractivity contribution is 5.95. The summed E-state index contributed by atoms with van der Waals surface area (Å²) in [6.07, 6.45) is 7.12. The third kappa shape index (κ3) is 6.27. The minimum atomic E-state index is -0.672. The summed E-state index contributed by atoms with van der Waals surface area (Å²) in [7, 11) is 0. The number of hydrogen-bond donors (Lipinski definition) is 2. The number of unbranched alkanes of at least 4 members (excludes halogenated alkanes) is 5. The number of carbonyl (C=O) groups excluding carboxylic acids is 1. The molecule has 5 nitrogen and oxygen atoms in total. The number of rotatable bonds is 11. The van der Waals surface area contributed by atoms with Crippen molar-refractivity contribution < 1.29 is 24.5 Å². The first kappa shape index (κ1) is 23.2. The van der Waals surface area contributed by atoms with Gasteiger partial charge in [0.05, 0.1) is 6.61 Å². The Morgan fingerprint density at radius 3 is 2.28 bits per heavy atom. The molecule has 3 rings (SSSR count). The van der Waals surface area contributed by atoms with Crippen LogP contribution in [0.1, 0.15) is 55.8 Å². The van der Waals surface area contributed by atoms with Gasteiger partial charge >= 0.3 is 5.97 Å². The third-order valence-corrected chi connectivity index (χ3v) is 5.24. The van der Waals surface area contributed by atoms with Crippen LogP contribution >= 0.6 is 0 Å². The Bertz CT molecular complexity index is 1030. The van der Waals surface area contributed by atoms with Gasteiger partial charge in [-0.15, -0.1) is 0 Å². The van der Waals surface area contributed by atoms with Crippen LogP contribution in [0.3, 0.4) is 0 Å². The normalized spacial score (nSPS) is 10.7. The molecule has 0 aliphatic carbocycles. The maximum atomic E-state index is 12.5. The van der Waals surface area contributed by atoms with Crippen molar-refractivity contribution in [3.63, 3.8) is 0 Å². The molecule has 0 spiro atoms. The summed E-state index contributed by atoms with van der Waals surface area (Å²) in [6.45, 7) is 2.81. The molecule has 0 saturated carbocycles. The Balaban J connectivity index is 1.67. The van der Waals surface area contributed by atoms with Gasteiger partial charge in [0.15, 0.2) is 0 Å². The Morgan fingerprint density at radius 1 is 0.781 bits per heavy atom. The van der Waals surface area contributed by atoms with Crippen LogP contribution in [-0.2, 0) is 0 Å². The minimum Gasteiger partial charge on any atom is -0.507 e. The number of esters is 1. The first-order valence-electron chi connectivity index (χ1n) is 11.2. The summed E-state index contributed by atoms with van der Waals surface area (Å²) in [6, 6.07) is 18.3. The van der Waals surface area contributed by atoms with Crippen molar-refractivity contribution in [1.82, 2.24) is 0 Å². The second-order valence-electron chi connectivity index (χ2n) is 7.70. The van der Waals surface area contributed by atoms with Gasteiger partial charge in [0, 0.05) is 17.2 Å². The summed E-state index contributed by atoms with van der Waals surface area (Å²) in [4.78, 5) is 12.5. The summed E-state index contributed by atoms with van der Waals surface area (Å²) >= 11 is 0. The predicted octanol–water partition coefficient (Wildman–Crippen LogP) is 6.72. The van der Waals surface area contributed by atoms with Gasteiger partial charge in [-0.3, -0.25) is 0 Å². The molecule has 0 aliphatic rings. The molecule has 0 bridgehead atoms. The van der Waals surface area contributed by atoms with E-state index in [1.54, 1.807) is 54.6 Å². The van der Waals surface area contributed by atoms with Gasteiger partial charge in [0.1, 0.15) is 28.6 Å². The number of ether oxygens (including phenoxy) is 2. The van der Waals surface area contributed by atoms with Crippen LogP contribution < -0.4 is 9.47 Å². The molecule has 0 atom stereocenters. The molecule has 3 aromatic rings. The first-order valence-corrected chi connectivity index (χ1v) is 11.2. The quantitative estimate of drug-likeness (QED) is 0.199. The van der Waals surface area contributed by atoms with Crippen LogP contribution in [0.5, 0.6) is 23.0 Å². The van der Waals surface area contributed by atoms with E-state index in [0.717, 1.165) is 12.8 Å². The number of carbonyl (C=O) groups is 1. The molecular formula is C27H30O5. The van der Waals surface area contributed by atoms with Crippen molar-refractivity contribution in [3.8, 4) is 34.1 Å². The molecule has 3 aromatic carbocycles. The predicted molar refractivity (Wildman–Crippen MR) is 125 cm³/mol. The Hall–Kier alpha value is -3.47. The molecule has 5 heteroatoms. The zero-order valence-corrected chi connectivity index (χ0v) is 18.4. The average molecular weight is 435 g/mol. The molecule has 0 aliphatic heterocycles. The number of benzene rings is 3. The molecule has 2 N–H and O–H groups in total. The lowest BCUT2D eigenvalue weighted by molar-refractivity contribution is 0.0732. The summed E-state index contributed by atoms with van der Waals surface area (Å²) < 4.78 is 11.3. The van der Waals surface area contributed by atoms with Gasteiger partial charge in [0.2, 0.25) is 0 Å². The molecule has 0 fully saturated rings. The first-order chi connectivity index (χ1) is 15.6. The molecule has 0 radical (unpaired) electrons. The largest absolute Gasteiger partial charge is 0.507 e. The van der Waals surface area contributed by atoms with E-state index in [2.05, 4.69) is 6.92 Å². The van der Waals surface area contributed by atoms with Gasteiger partial charge in [-0.05, 0) is 36.8 Å². The smallest absolute Gasteiger partial charge is 0.347 e. The van der Waals surface area contributed by atoms with E-state index >= 15 is 0 Å². The van der Waals surface area contributed by atoms with Crippen molar-refractivity contribution in [2.75, 3.05) is 6.61 Å². The Morgan fingerprint density at radius 2 is 1.50 bits per heavy atom. The lowest BCUT2D eigenvalue weighted by Crippen LogP contribution is -2.09. The van der Waals surface area contributed by atoms with E-state index in [4.69, 9.17) is 9.47 Å². The van der Waals surface area contributed by atoms with E-state index in [-0.39, 0.29) is 22.8 Å². The summed E-state index contributed by atoms with van der Waals surface area (Å²) in [5.41, 5.74) is 1.17. The fourth-order valence-corrected chi connectivity index (χ4v) is 3.48. The number of para-hydroxylation sites is 2. The Kier molecular flexibility index (Phi) is 8.55.